The Labute approximate surface area is 98.0 Å². The van der Waals surface area contributed by atoms with Crippen LogP contribution in [0.1, 0.15) is 12.8 Å². The number of hydrogen-bond donors (Lipinski definition) is 4. The van der Waals surface area contributed by atoms with Gasteiger partial charge in [-0.25, -0.2) is 4.79 Å². The molecule has 4 N–H and O–H groups in total. The molecule has 0 saturated carbocycles. The van der Waals surface area contributed by atoms with E-state index in [1.54, 1.807) is 0 Å². The maximum atomic E-state index is 12.0. The molecule has 0 aliphatic carbocycles. The van der Waals surface area contributed by atoms with Crippen molar-refractivity contribution >= 4 is 11.9 Å². The molecule has 96 valence electrons. The van der Waals surface area contributed by atoms with E-state index in [9.17, 15) is 19.8 Å². The molecule has 4 atom stereocenters. The van der Waals surface area contributed by atoms with Gasteiger partial charge in [0.15, 0.2) is 0 Å². The molecule has 2 unspecified atom stereocenters. The fraction of sp³-hybridized carbons (Fsp3) is 0.800. The van der Waals surface area contributed by atoms with Crippen molar-refractivity contribution in [2.24, 2.45) is 0 Å². The second kappa shape index (κ2) is 4.59. The molecule has 2 saturated heterocycles. The standard InChI is InChI=1S/C10H16N2O5/c13-5-1-7(11-3-5)9(15)12-4-6(14)2-8(12)10(16)17/h5-8,11,13-14H,1-4H2,(H,16,17)/t5?,6-,7?,8+/m1/s1. The van der Waals surface area contributed by atoms with Gasteiger partial charge in [0, 0.05) is 19.5 Å². The van der Waals surface area contributed by atoms with E-state index < -0.39 is 30.3 Å². The number of carboxylic acids is 1. The highest BCUT2D eigenvalue weighted by Crippen LogP contribution is 2.21. The molecule has 1 amide bonds. The van der Waals surface area contributed by atoms with Crippen LogP contribution in [0.2, 0.25) is 0 Å². The molecule has 0 aromatic rings. The van der Waals surface area contributed by atoms with Gasteiger partial charge >= 0.3 is 5.97 Å². The van der Waals surface area contributed by atoms with Gasteiger partial charge in [-0.2, -0.15) is 0 Å². The topological polar surface area (TPSA) is 110 Å². The molecule has 2 rings (SSSR count). The Balaban J connectivity index is 2.05. The Morgan fingerprint density at radius 1 is 1.18 bits per heavy atom. The van der Waals surface area contributed by atoms with E-state index in [0.717, 1.165) is 0 Å². The number of nitrogens with zero attached hydrogens (tertiary/aromatic N) is 1. The van der Waals surface area contributed by atoms with Crippen LogP contribution in [0.3, 0.4) is 0 Å². The number of carbonyl (C=O) groups excluding carboxylic acids is 1. The third-order valence-corrected chi connectivity index (χ3v) is 3.25. The maximum Gasteiger partial charge on any atom is 0.326 e. The molecular weight excluding hydrogens is 228 g/mol. The Kier molecular flexibility index (Phi) is 3.32. The number of rotatable bonds is 2. The number of carboxylic acid groups (broad SMARTS) is 1. The van der Waals surface area contributed by atoms with Crippen molar-refractivity contribution in [2.75, 3.05) is 13.1 Å². The van der Waals surface area contributed by atoms with Crippen molar-refractivity contribution < 1.29 is 24.9 Å². The summed E-state index contributed by atoms with van der Waals surface area (Å²) in [6.45, 7) is 0.384. The summed E-state index contributed by atoms with van der Waals surface area (Å²) in [6, 6.07) is -1.51. The van der Waals surface area contributed by atoms with E-state index in [1.807, 2.05) is 0 Å². The van der Waals surface area contributed by atoms with Gasteiger partial charge in [0.25, 0.3) is 0 Å². The smallest absolute Gasteiger partial charge is 0.326 e. The molecule has 0 aromatic carbocycles. The predicted molar refractivity (Wildman–Crippen MR) is 56.2 cm³/mol. The van der Waals surface area contributed by atoms with Crippen LogP contribution in [-0.2, 0) is 9.59 Å². The lowest BCUT2D eigenvalue weighted by Crippen LogP contribution is -2.48. The first-order valence-electron chi connectivity index (χ1n) is 5.62. The van der Waals surface area contributed by atoms with Gasteiger partial charge in [0.1, 0.15) is 6.04 Å². The van der Waals surface area contributed by atoms with E-state index >= 15 is 0 Å². The summed E-state index contributed by atoms with van der Waals surface area (Å²) >= 11 is 0. The van der Waals surface area contributed by atoms with Gasteiger partial charge in [0.2, 0.25) is 5.91 Å². The van der Waals surface area contributed by atoms with Crippen LogP contribution in [0.5, 0.6) is 0 Å². The van der Waals surface area contributed by atoms with Crippen LogP contribution in [0.15, 0.2) is 0 Å². The molecule has 0 radical (unpaired) electrons. The molecule has 2 fully saturated rings. The van der Waals surface area contributed by atoms with Crippen LogP contribution in [-0.4, -0.2) is 69.5 Å². The normalized spacial score (nSPS) is 37.4. The van der Waals surface area contributed by atoms with Crippen LogP contribution in [0.4, 0.5) is 0 Å². The van der Waals surface area contributed by atoms with Gasteiger partial charge in [-0.15, -0.1) is 0 Å². The molecular formula is C10H16N2O5. The summed E-state index contributed by atoms with van der Waals surface area (Å²) in [4.78, 5) is 24.2. The van der Waals surface area contributed by atoms with Crippen molar-refractivity contribution in [3.05, 3.63) is 0 Å². The van der Waals surface area contributed by atoms with Gasteiger partial charge in [-0.3, -0.25) is 4.79 Å². The van der Waals surface area contributed by atoms with E-state index in [1.165, 1.54) is 4.90 Å². The zero-order valence-electron chi connectivity index (χ0n) is 9.24. The number of amides is 1. The Hall–Kier alpha value is -1.18. The number of aliphatic hydroxyl groups excluding tert-OH is 2. The fourth-order valence-corrected chi connectivity index (χ4v) is 2.40. The molecule has 7 heteroatoms. The molecule has 2 aliphatic rings. The first-order valence-corrected chi connectivity index (χ1v) is 5.62. The Morgan fingerprint density at radius 2 is 1.88 bits per heavy atom. The number of β-amino-alcohol motifs (C(OH)–C–C–N with tert-alkyl or cyclic N) is 2. The summed E-state index contributed by atoms with van der Waals surface area (Å²) in [6.07, 6.45) is -1.00. The van der Waals surface area contributed by atoms with Crippen LogP contribution >= 0.6 is 0 Å². The van der Waals surface area contributed by atoms with Gasteiger partial charge in [-0.05, 0) is 6.42 Å². The van der Waals surface area contributed by atoms with Gasteiger partial charge < -0.3 is 25.5 Å². The van der Waals surface area contributed by atoms with E-state index in [4.69, 9.17) is 5.11 Å². The summed E-state index contributed by atoms with van der Waals surface area (Å²) in [5.41, 5.74) is 0. The highest BCUT2D eigenvalue weighted by Gasteiger charge is 2.42. The molecule has 0 aromatic heterocycles. The first-order chi connectivity index (χ1) is 7.99. The van der Waals surface area contributed by atoms with E-state index in [-0.39, 0.29) is 25.3 Å². The minimum Gasteiger partial charge on any atom is -0.480 e. The lowest BCUT2D eigenvalue weighted by atomic mass is 10.1. The quantitative estimate of drug-likeness (QED) is 0.437. The summed E-state index contributed by atoms with van der Waals surface area (Å²) in [7, 11) is 0. The minimum atomic E-state index is -1.10. The van der Waals surface area contributed by atoms with E-state index in [0.29, 0.717) is 6.54 Å². The van der Waals surface area contributed by atoms with Crippen molar-refractivity contribution in [3.63, 3.8) is 0 Å². The molecule has 0 spiro atoms. The number of nitrogens with one attached hydrogen (secondary N) is 1. The second-order valence-electron chi connectivity index (χ2n) is 4.58. The van der Waals surface area contributed by atoms with Crippen molar-refractivity contribution in [1.29, 1.82) is 0 Å². The number of carbonyl (C=O) groups is 2. The molecule has 0 bridgehead atoms. The Bertz CT molecular complexity index is 335. The minimum absolute atomic E-state index is 0.0457. The van der Waals surface area contributed by atoms with E-state index in [2.05, 4.69) is 5.32 Å². The SMILES string of the molecule is O=C(O)[C@@H]1C[C@@H](O)CN1C(=O)C1CC(O)CN1. The first kappa shape index (κ1) is 12.3. The number of aliphatic hydroxyl groups is 2. The van der Waals surface area contributed by atoms with Gasteiger partial charge in [-0.1, -0.05) is 0 Å². The zero-order chi connectivity index (χ0) is 12.6. The average Bonchev–Trinajstić information content (AvgIpc) is 2.83. The predicted octanol–water partition coefficient (Wildman–Crippen LogP) is -2.24. The van der Waals surface area contributed by atoms with Crippen molar-refractivity contribution in [1.82, 2.24) is 10.2 Å². The molecule has 2 heterocycles. The summed E-state index contributed by atoms with van der Waals surface area (Å²) < 4.78 is 0. The molecule has 17 heavy (non-hydrogen) atoms. The van der Waals surface area contributed by atoms with Gasteiger partial charge in [0.05, 0.1) is 18.2 Å². The monoisotopic (exact) mass is 244 g/mol. The zero-order valence-corrected chi connectivity index (χ0v) is 9.24. The third-order valence-electron chi connectivity index (χ3n) is 3.25. The second-order valence-corrected chi connectivity index (χ2v) is 4.58. The highest BCUT2D eigenvalue weighted by molar-refractivity contribution is 5.88. The Morgan fingerprint density at radius 3 is 2.41 bits per heavy atom. The fourth-order valence-electron chi connectivity index (χ4n) is 2.40. The summed E-state index contributed by atoms with van der Waals surface area (Å²) in [5, 5.41) is 30.6. The lowest BCUT2D eigenvalue weighted by molar-refractivity contribution is -0.148. The molecule has 2 aliphatic heterocycles. The lowest BCUT2D eigenvalue weighted by Gasteiger charge is -2.24. The third kappa shape index (κ3) is 2.41. The van der Waals surface area contributed by atoms with Crippen LogP contribution < -0.4 is 5.32 Å². The van der Waals surface area contributed by atoms with Crippen molar-refractivity contribution in [3.8, 4) is 0 Å². The number of aliphatic carboxylic acids is 1. The number of hydrogen-bond acceptors (Lipinski definition) is 5. The highest BCUT2D eigenvalue weighted by atomic mass is 16.4. The van der Waals surface area contributed by atoms with Crippen LogP contribution in [0.25, 0.3) is 0 Å². The maximum absolute atomic E-state index is 12.0. The number of likely N-dealkylation sites (tertiary alicyclic amines) is 1. The average molecular weight is 244 g/mol. The largest absolute Gasteiger partial charge is 0.480 e. The summed E-state index contributed by atoms with van der Waals surface area (Å²) in [5.74, 6) is -1.46. The van der Waals surface area contributed by atoms with Crippen molar-refractivity contribution in [2.45, 2.75) is 37.1 Å². The van der Waals surface area contributed by atoms with Crippen LogP contribution in [0, 0.1) is 0 Å². The molecule has 7 nitrogen and oxygen atoms in total.